The maximum atomic E-state index is 12.4. The number of hydrogen-bond donors (Lipinski definition) is 2. The fourth-order valence-electron chi connectivity index (χ4n) is 2.43. The van der Waals surface area contributed by atoms with E-state index in [0.29, 0.717) is 16.7 Å². The van der Waals surface area contributed by atoms with Gasteiger partial charge in [-0.2, -0.15) is 13.9 Å². The summed E-state index contributed by atoms with van der Waals surface area (Å²) in [5.41, 5.74) is 1.89. The van der Waals surface area contributed by atoms with E-state index >= 15 is 0 Å². The molecule has 0 atom stereocenters. The minimum absolute atomic E-state index is 0.155. The zero-order valence-electron chi connectivity index (χ0n) is 14.5. The smallest absolute Gasteiger partial charge is 0.313 e. The summed E-state index contributed by atoms with van der Waals surface area (Å²) in [6.45, 7) is 0.155. The Balaban J connectivity index is 1.56. The summed E-state index contributed by atoms with van der Waals surface area (Å²) in [5.74, 6) is -4.26. The number of rotatable bonds is 6. The highest BCUT2D eigenvalue weighted by Crippen LogP contribution is 2.27. The van der Waals surface area contributed by atoms with Crippen molar-refractivity contribution in [2.24, 2.45) is 0 Å². The number of carbonyl (C=O) groups excluding carboxylic acids is 2. The number of thioether (sulfide) groups is 1. The van der Waals surface area contributed by atoms with E-state index < -0.39 is 17.6 Å². The number of halogens is 2. The van der Waals surface area contributed by atoms with Crippen molar-refractivity contribution in [2.75, 3.05) is 5.32 Å². The predicted octanol–water partition coefficient (Wildman–Crippen LogP) is 3.44. The van der Waals surface area contributed by atoms with Crippen molar-refractivity contribution < 1.29 is 18.4 Å². The van der Waals surface area contributed by atoms with Gasteiger partial charge in [-0.05, 0) is 42.0 Å². The quantitative estimate of drug-likeness (QED) is 0.489. The van der Waals surface area contributed by atoms with Crippen LogP contribution in [-0.4, -0.2) is 27.4 Å². The van der Waals surface area contributed by atoms with Crippen LogP contribution in [0.4, 0.5) is 14.5 Å². The lowest BCUT2D eigenvalue weighted by Crippen LogP contribution is -2.34. The first kappa shape index (κ1) is 19.6. The van der Waals surface area contributed by atoms with Crippen LogP contribution in [0.5, 0.6) is 0 Å². The average Bonchev–Trinajstić information content (AvgIpc) is 3.21. The van der Waals surface area contributed by atoms with Crippen LogP contribution in [0.3, 0.4) is 0 Å². The molecular formula is C19H16F2N4O2S. The third kappa shape index (κ3) is 5.40. The molecule has 2 aromatic carbocycles. The summed E-state index contributed by atoms with van der Waals surface area (Å²) in [5, 5.41) is 9.07. The zero-order valence-corrected chi connectivity index (χ0v) is 15.3. The second-order valence-electron chi connectivity index (χ2n) is 5.66. The van der Waals surface area contributed by atoms with Gasteiger partial charge in [-0.3, -0.25) is 9.59 Å². The van der Waals surface area contributed by atoms with Crippen molar-refractivity contribution in [3.8, 4) is 5.69 Å². The molecule has 0 aliphatic rings. The first-order valence-corrected chi connectivity index (χ1v) is 9.12. The molecule has 9 heteroatoms. The lowest BCUT2D eigenvalue weighted by atomic mass is 10.2. The highest BCUT2D eigenvalue weighted by Gasteiger charge is 2.14. The van der Waals surface area contributed by atoms with E-state index in [-0.39, 0.29) is 12.2 Å². The molecule has 0 spiro atoms. The van der Waals surface area contributed by atoms with E-state index in [4.69, 9.17) is 0 Å². The predicted molar refractivity (Wildman–Crippen MR) is 102 cm³/mol. The number of carbonyl (C=O) groups is 2. The van der Waals surface area contributed by atoms with Crippen molar-refractivity contribution >= 4 is 29.3 Å². The SMILES string of the molecule is O=C(NCc1cccc(-n2cccn2)c1)C(=O)Nc1cccc(SC(F)F)c1. The summed E-state index contributed by atoms with van der Waals surface area (Å²) in [6, 6.07) is 15.1. The average molecular weight is 402 g/mol. The molecule has 0 fully saturated rings. The van der Waals surface area contributed by atoms with Crippen LogP contribution in [-0.2, 0) is 16.1 Å². The van der Waals surface area contributed by atoms with Gasteiger partial charge < -0.3 is 10.6 Å². The largest absolute Gasteiger partial charge is 0.344 e. The third-order valence-electron chi connectivity index (χ3n) is 3.66. The Kier molecular flexibility index (Phi) is 6.38. The van der Waals surface area contributed by atoms with Gasteiger partial charge in [0, 0.05) is 29.5 Å². The number of alkyl halides is 2. The summed E-state index contributed by atoms with van der Waals surface area (Å²) in [6.07, 6.45) is 3.46. The number of nitrogens with zero attached hydrogens (tertiary/aromatic N) is 2. The Hall–Kier alpha value is -3.20. The van der Waals surface area contributed by atoms with Gasteiger partial charge in [0.2, 0.25) is 0 Å². The lowest BCUT2D eigenvalue weighted by molar-refractivity contribution is -0.136. The molecule has 0 bridgehead atoms. The topological polar surface area (TPSA) is 76.0 Å². The maximum Gasteiger partial charge on any atom is 0.313 e. The molecular weight excluding hydrogens is 386 g/mol. The molecule has 2 amide bonds. The van der Waals surface area contributed by atoms with Gasteiger partial charge in [0.1, 0.15) is 0 Å². The van der Waals surface area contributed by atoms with Gasteiger partial charge in [0.25, 0.3) is 5.76 Å². The van der Waals surface area contributed by atoms with Gasteiger partial charge in [-0.1, -0.05) is 30.0 Å². The zero-order chi connectivity index (χ0) is 19.9. The molecule has 3 rings (SSSR count). The van der Waals surface area contributed by atoms with Crippen LogP contribution in [0.2, 0.25) is 0 Å². The van der Waals surface area contributed by atoms with Crippen molar-refractivity contribution in [3.05, 3.63) is 72.6 Å². The van der Waals surface area contributed by atoms with Crippen LogP contribution >= 0.6 is 11.8 Å². The van der Waals surface area contributed by atoms with Crippen LogP contribution < -0.4 is 10.6 Å². The van der Waals surface area contributed by atoms with Crippen LogP contribution in [0.15, 0.2) is 71.9 Å². The fourth-order valence-corrected chi connectivity index (χ4v) is 2.99. The molecule has 0 saturated carbocycles. The number of amides is 2. The number of aromatic nitrogens is 2. The van der Waals surface area contributed by atoms with E-state index in [0.717, 1.165) is 11.3 Å². The number of anilines is 1. The molecule has 0 aliphatic heterocycles. The molecule has 28 heavy (non-hydrogen) atoms. The van der Waals surface area contributed by atoms with Crippen LogP contribution in [0.1, 0.15) is 5.56 Å². The highest BCUT2D eigenvalue weighted by molar-refractivity contribution is 7.99. The van der Waals surface area contributed by atoms with E-state index in [1.165, 1.54) is 24.3 Å². The number of hydrogen-bond acceptors (Lipinski definition) is 4. The molecule has 3 aromatic rings. The van der Waals surface area contributed by atoms with Crippen molar-refractivity contribution in [3.63, 3.8) is 0 Å². The molecule has 0 saturated heterocycles. The number of benzene rings is 2. The van der Waals surface area contributed by atoms with Crippen molar-refractivity contribution in [1.82, 2.24) is 15.1 Å². The molecule has 2 N–H and O–H groups in total. The summed E-state index contributed by atoms with van der Waals surface area (Å²) in [7, 11) is 0. The Bertz CT molecular complexity index is 964. The van der Waals surface area contributed by atoms with Gasteiger partial charge in [-0.25, -0.2) is 4.68 Å². The minimum atomic E-state index is -2.56. The minimum Gasteiger partial charge on any atom is -0.344 e. The Morgan fingerprint density at radius 3 is 2.64 bits per heavy atom. The van der Waals surface area contributed by atoms with Gasteiger partial charge in [0.15, 0.2) is 0 Å². The lowest BCUT2D eigenvalue weighted by Gasteiger charge is -2.09. The normalized spacial score (nSPS) is 10.7. The van der Waals surface area contributed by atoms with E-state index in [1.807, 2.05) is 24.3 Å². The standard InChI is InChI=1S/C19H16F2N4O2S/c20-19(21)28-16-7-2-5-14(11-16)24-18(27)17(26)22-12-13-4-1-6-15(10-13)25-9-3-8-23-25/h1-11,19H,12H2,(H,22,26)(H,24,27). The maximum absolute atomic E-state index is 12.4. The first-order valence-electron chi connectivity index (χ1n) is 8.24. The monoisotopic (exact) mass is 402 g/mol. The second-order valence-corrected chi connectivity index (χ2v) is 6.73. The Morgan fingerprint density at radius 2 is 1.89 bits per heavy atom. The first-order chi connectivity index (χ1) is 13.5. The third-order valence-corrected chi connectivity index (χ3v) is 4.36. The fraction of sp³-hybridized carbons (Fsp3) is 0.105. The molecule has 1 heterocycles. The molecule has 144 valence electrons. The molecule has 0 aliphatic carbocycles. The van der Waals surface area contributed by atoms with E-state index in [1.54, 1.807) is 23.1 Å². The van der Waals surface area contributed by atoms with Crippen LogP contribution in [0, 0.1) is 0 Å². The molecule has 0 radical (unpaired) electrons. The summed E-state index contributed by atoms with van der Waals surface area (Å²) >= 11 is 0.363. The Morgan fingerprint density at radius 1 is 1.07 bits per heavy atom. The molecule has 1 aromatic heterocycles. The molecule has 6 nitrogen and oxygen atoms in total. The van der Waals surface area contributed by atoms with E-state index in [9.17, 15) is 18.4 Å². The van der Waals surface area contributed by atoms with Crippen LogP contribution in [0.25, 0.3) is 5.69 Å². The number of nitrogens with one attached hydrogen (secondary N) is 2. The summed E-state index contributed by atoms with van der Waals surface area (Å²) in [4.78, 5) is 24.4. The Labute approximate surface area is 163 Å². The van der Waals surface area contributed by atoms with Crippen molar-refractivity contribution in [2.45, 2.75) is 17.2 Å². The van der Waals surface area contributed by atoms with Gasteiger partial charge >= 0.3 is 11.8 Å². The van der Waals surface area contributed by atoms with Gasteiger partial charge in [0.05, 0.1) is 5.69 Å². The van der Waals surface area contributed by atoms with Crippen molar-refractivity contribution in [1.29, 1.82) is 0 Å². The highest BCUT2D eigenvalue weighted by atomic mass is 32.2. The second kappa shape index (κ2) is 9.14. The van der Waals surface area contributed by atoms with Gasteiger partial charge in [-0.15, -0.1) is 0 Å². The summed E-state index contributed by atoms with van der Waals surface area (Å²) < 4.78 is 26.5. The molecule has 0 unspecified atom stereocenters. The van der Waals surface area contributed by atoms with E-state index in [2.05, 4.69) is 15.7 Å².